The van der Waals surface area contributed by atoms with E-state index in [1.807, 2.05) is 31.7 Å². The van der Waals surface area contributed by atoms with E-state index in [4.69, 9.17) is 9.15 Å². The molecule has 1 saturated heterocycles. The first-order valence-electron chi connectivity index (χ1n) is 8.32. The number of unbranched alkanes of at least 4 members (excludes halogenated alkanes) is 1. The predicted molar refractivity (Wildman–Crippen MR) is 91.8 cm³/mol. The molecule has 0 saturated carbocycles. The van der Waals surface area contributed by atoms with E-state index in [-0.39, 0.29) is 12.0 Å². The molecule has 1 fully saturated rings. The largest absolute Gasteiger partial charge is 0.456 e. The summed E-state index contributed by atoms with van der Waals surface area (Å²) in [7, 11) is 0. The van der Waals surface area contributed by atoms with Gasteiger partial charge in [-0.1, -0.05) is 13.3 Å². The summed E-state index contributed by atoms with van der Waals surface area (Å²) in [4.78, 5) is 14.2. The van der Waals surface area contributed by atoms with E-state index in [0.29, 0.717) is 25.5 Å². The van der Waals surface area contributed by atoms with Crippen LogP contribution in [0.5, 0.6) is 0 Å². The number of furan rings is 1. The number of thioether (sulfide) groups is 1. The Hall–Kier alpha value is -0.980. The molecule has 1 N–H and O–H groups in total. The van der Waals surface area contributed by atoms with Crippen molar-refractivity contribution in [3.05, 3.63) is 23.2 Å². The smallest absolute Gasteiger partial charge is 0.289 e. The van der Waals surface area contributed by atoms with E-state index < -0.39 is 6.10 Å². The number of hydrogen-bond donors (Lipinski definition) is 1. The molecular weight excluding hydrogens is 314 g/mol. The van der Waals surface area contributed by atoms with Gasteiger partial charge in [0.25, 0.3) is 5.91 Å². The van der Waals surface area contributed by atoms with Crippen molar-refractivity contribution in [2.24, 2.45) is 0 Å². The number of amides is 1. The molecule has 0 spiro atoms. The molecule has 5 nitrogen and oxygen atoms in total. The van der Waals surface area contributed by atoms with Crippen LogP contribution in [0.25, 0.3) is 0 Å². The first kappa shape index (κ1) is 18.4. The van der Waals surface area contributed by atoms with Gasteiger partial charge >= 0.3 is 0 Å². The minimum absolute atomic E-state index is 0.167. The van der Waals surface area contributed by atoms with Crippen LogP contribution >= 0.6 is 11.8 Å². The fourth-order valence-electron chi connectivity index (χ4n) is 2.65. The molecule has 0 aromatic carbocycles. The van der Waals surface area contributed by atoms with Crippen LogP contribution in [0.1, 0.15) is 48.6 Å². The van der Waals surface area contributed by atoms with Gasteiger partial charge in [0.05, 0.1) is 12.6 Å². The molecule has 0 bridgehead atoms. The molecule has 1 aromatic rings. The van der Waals surface area contributed by atoms with Crippen molar-refractivity contribution >= 4 is 17.7 Å². The first-order valence-corrected chi connectivity index (χ1v) is 9.48. The lowest BCUT2D eigenvalue weighted by molar-refractivity contribution is -0.00239. The minimum Gasteiger partial charge on any atom is -0.456 e. The summed E-state index contributed by atoms with van der Waals surface area (Å²) in [6.45, 7) is 7.20. The number of aliphatic hydroxyl groups is 1. The Bertz CT molecular complexity index is 517. The highest BCUT2D eigenvalue weighted by molar-refractivity contribution is 7.98. The van der Waals surface area contributed by atoms with Crippen LogP contribution in [-0.4, -0.2) is 53.6 Å². The van der Waals surface area contributed by atoms with Gasteiger partial charge in [0.15, 0.2) is 5.76 Å². The summed E-state index contributed by atoms with van der Waals surface area (Å²) < 4.78 is 11.1. The van der Waals surface area contributed by atoms with Gasteiger partial charge in [-0.15, -0.1) is 0 Å². The zero-order chi connectivity index (χ0) is 16.8. The van der Waals surface area contributed by atoms with Crippen LogP contribution in [0.15, 0.2) is 10.5 Å². The van der Waals surface area contributed by atoms with Crippen molar-refractivity contribution < 1.29 is 19.1 Å². The summed E-state index contributed by atoms with van der Waals surface area (Å²) in [6.07, 6.45) is 1.47. The lowest BCUT2D eigenvalue weighted by Crippen LogP contribution is -2.29. The molecule has 1 aromatic heterocycles. The Labute approximate surface area is 142 Å². The van der Waals surface area contributed by atoms with Gasteiger partial charge in [-0.3, -0.25) is 4.79 Å². The minimum atomic E-state index is -0.626. The molecular formula is C17H27NO4S. The average molecular weight is 341 g/mol. The fraction of sp³-hybridized carbons (Fsp3) is 0.706. The number of ether oxygens (including phenoxy) is 1. The highest BCUT2D eigenvalue weighted by Crippen LogP contribution is 2.24. The molecule has 23 heavy (non-hydrogen) atoms. The highest BCUT2D eigenvalue weighted by atomic mass is 32.2. The summed E-state index contributed by atoms with van der Waals surface area (Å²) in [5.41, 5.74) is 1.08. The van der Waals surface area contributed by atoms with Crippen molar-refractivity contribution in [1.82, 2.24) is 4.90 Å². The number of aliphatic hydroxyl groups excluding tert-OH is 1. The first-order chi connectivity index (χ1) is 11.1. The molecule has 0 radical (unpaired) electrons. The Kier molecular flexibility index (Phi) is 6.99. The topological polar surface area (TPSA) is 62.9 Å². The Morgan fingerprint density at radius 1 is 1.48 bits per heavy atom. The molecule has 130 valence electrons. The maximum Gasteiger partial charge on any atom is 0.289 e. The SMILES string of the molecule is CCCCSCc1cc(C(=O)N2C[C@H](OCC)[C@@H](O)C2)oc1C. The highest BCUT2D eigenvalue weighted by Gasteiger charge is 2.36. The van der Waals surface area contributed by atoms with Crippen LogP contribution < -0.4 is 0 Å². The molecule has 0 aliphatic carbocycles. The lowest BCUT2D eigenvalue weighted by atomic mass is 10.2. The second kappa shape index (κ2) is 8.76. The number of nitrogens with zero attached hydrogens (tertiary/aromatic N) is 1. The van der Waals surface area contributed by atoms with E-state index in [1.54, 1.807) is 4.90 Å². The maximum atomic E-state index is 12.5. The Morgan fingerprint density at radius 2 is 2.26 bits per heavy atom. The second-order valence-electron chi connectivity index (χ2n) is 5.87. The van der Waals surface area contributed by atoms with Crippen molar-refractivity contribution in [3.8, 4) is 0 Å². The van der Waals surface area contributed by atoms with Gasteiger partial charge in [0.2, 0.25) is 0 Å². The summed E-state index contributed by atoms with van der Waals surface area (Å²) >= 11 is 1.86. The molecule has 2 atom stereocenters. The van der Waals surface area contributed by atoms with Gasteiger partial charge in [-0.25, -0.2) is 0 Å². The second-order valence-corrected chi connectivity index (χ2v) is 6.97. The molecule has 2 rings (SSSR count). The summed E-state index contributed by atoms with van der Waals surface area (Å²) in [5.74, 6) is 2.99. The van der Waals surface area contributed by atoms with Crippen molar-refractivity contribution in [3.63, 3.8) is 0 Å². The maximum absolute atomic E-state index is 12.5. The molecule has 0 unspecified atom stereocenters. The third-order valence-corrected chi connectivity index (χ3v) is 5.13. The normalized spacial score (nSPS) is 21.1. The van der Waals surface area contributed by atoms with E-state index >= 15 is 0 Å². The molecule has 2 heterocycles. The predicted octanol–water partition coefficient (Wildman–Crippen LogP) is 2.84. The van der Waals surface area contributed by atoms with Crippen LogP contribution in [0, 0.1) is 6.92 Å². The van der Waals surface area contributed by atoms with Crippen LogP contribution in [0.4, 0.5) is 0 Å². The monoisotopic (exact) mass is 341 g/mol. The number of carbonyl (C=O) groups excluding carboxylic acids is 1. The van der Waals surface area contributed by atoms with Gasteiger partial charge in [-0.05, 0) is 32.1 Å². The standard InChI is InChI=1S/C17H27NO4S/c1-4-6-7-23-11-13-8-15(22-12(13)3)17(20)18-9-14(19)16(10-18)21-5-2/h8,14,16,19H,4-7,9-11H2,1-3H3/t14-,16-/m0/s1. The number of β-amino-alcohol motifs (C(OH)–C–C–N with tert-alkyl or cyclic N) is 1. The van der Waals surface area contributed by atoms with E-state index in [9.17, 15) is 9.90 Å². The van der Waals surface area contributed by atoms with Crippen LogP contribution in [0.3, 0.4) is 0 Å². The van der Waals surface area contributed by atoms with Gasteiger partial charge in [-0.2, -0.15) is 11.8 Å². The number of hydrogen-bond acceptors (Lipinski definition) is 5. The number of rotatable bonds is 8. The van der Waals surface area contributed by atoms with E-state index in [0.717, 1.165) is 22.8 Å². The zero-order valence-electron chi connectivity index (χ0n) is 14.2. The molecule has 6 heteroatoms. The fourth-order valence-corrected chi connectivity index (χ4v) is 3.80. The number of carbonyl (C=O) groups is 1. The van der Waals surface area contributed by atoms with Crippen molar-refractivity contribution in [1.29, 1.82) is 0 Å². The number of aryl methyl sites for hydroxylation is 1. The average Bonchev–Trinajstić information content (AvgIpc) is 3.07. The molecule has 1 aliphatic heterocycles. The van der Waals surface area contributed by atoms with Crippen LogP contribution in [0.2, 0.25) is 0 Å². The van der Waals surface area contributed by atoms with Crippen LogP contribution in [-0.2, 0) is 10.5 Å². The third kappa shape index (κ3) is 4.75. The van der Waals surface area contributed by atoms with Crippen molar-refractivity contribution in [2.45, 2.75) is 51.6 Å². The molecule has 1 aliphatic rings. The van der Waals surface area contributed by atoms with Gasteiger partial charge < -0.3 is 19.2 Å². The summed E-state index contributed by atoms with van der Waals surface area (Å²) in [6, 6.07) is 1.84. The third-order valence-electron chi connectivity index (χ3n) is 4.04. The van der Waals surface area contributed by atoms with E-state index in [2.05, 4.69) is 6.92 Å². The lowest BCUT2D eigenvalue weighted by Gasteiger charge is -2.14. The zero-order valence-corrected chi connectivity index (χ0v) is 15.0. The van der Waals surface area contributed by atoms with Gasteiger partial charge in [0, 0.05) is 24.5 Å². The van der Waals surface area contributed by atoms with Crippen molar-refractivity contribution in [2.75, 3.05) is 25.4 Å². The number of likely N-dealkylation sites (tertiary alicyclic amines) is 1. The quantitative estimate of drug-likeness (QED) is 0.737. The Balaban J connectivity index is 1.95. The summed E-state index contributed by atoms with van der Waals surface area (Å²) in [5, 5.41) is 9.96. The van der Waals surface area contributed by atoms with Gasteiger partial charge in [0.1, 0.15) is 11.9 Å². The van der Waals surface area contributed by atoms with E-state index in [1.165, 1.54) is 12.8 Å². The molecule has 1 amide bonds. The Morgan fingerprint density at radius 3 is 2.96 bits per heavy atom.